The van der Waals surface area contributed by atoms with Crippen molar-refractivity contribution in [3.05, 3.63) is 107 Å². The summed E-state index contributed by atoms with van der Waals surface area (Å²) in [5.74, 6) is 0.592. The molecule has 1 atom stereocenters. The lowest BCUT2D eigenvalue weighted by Gasteiger charge is -2.09. The van der Waals surface area contributed by atoms with E-state index < -0.39 is 0 Å². The van der Waals surface area contributed by atoms with E-state index >= 15 is 0 Å². The molecule has 0 amide bonds. The molecule has 0 fully saturated rings. The summed E-state index contributed by atoms with van der Waals surface area (Å²) < 4.78 is 0. The van der Waals surface area contributed by atoms with Gasteiger partial charge in [-0.2, -0.15) is 0 Å². The Kier molecular flexibility index (Phi) is 5.80. The van der Waals surface area contributed by atoms with E-state index in [1.165, 1.54) is 5.56 Å². The molecule has 0 aliphatic rings. The lowest BCUT2D eigenvalue weighted by Crippen LogP contribution is -2.02. The molecule has 1 heteroatoms. The molecule has 0 bridgehead atoms. The van der Waals surface area contributed by atoms with Crippen LogP contribution < -0.4 is 0 Å². The van der Waals surface area contributed by atoms with Crippen LogP contribution in [0, 0.1) is 0 Å². The van der Waals surface area contributed by atoms with Crippen molar-refractivity contribution in [3.63, 3.8) is 0 Å². The van der Waals surface area contributed by atoms with E-state index in [4.69, 9.17) is 0 Å². The molecular formula is C25H24O. The molecule has 0 aliphatic carbocycles. The smallest absolute Gasteiger partial charge is 0.193 e. The van der Waals surface area contributed by atoms with E-state index in [2.05, 4.69) is 50.3 Å². The number of benzene rings is 3. The maximum atomic E-state index is 12.7. The number of hydrogen-bond acceptors (Lipinski definition) is 1. The summed E-state index contributed by atoms with van der Waals surface area (Å²) in [6.45, 7) is 4.38. The van der Waals surface area contributed by atoms with Crippen LogP contribution in [0.3, 0.4) is 0 Å². The van der Waals surface area contributed by atoms with Crippen LogP contribution in [0.5, 0.6) is 0 Å². The van der Waals surface area contributed by atoms with Crippen LogP contribution in [0.15, 0.2) is 78.9 Å². The second-order valence-electron chi connectivity index (χ2n) is 6.63. The highest BCUT2D eigenvalue weighted by molar-refractivity contribution is 6.09. The van der Waals surface area contributed by atoms with E-state index in [0.29, 0.717) is 5.92 Å². The summed E-state index contributed by atoms with van der Waals surface area (Å²) in [4.78, 5) is 12.7. The topological polar surface area (TPSA) is 17.1 Å². The zero-order valence-corrected chi connectivity index (χ0v) is 15.4. The fourth-order valence-electron chi connectivity index (χ4n) is 2.87. The Balaban J connectivity index is 1.71. The predicted octanol–water partition coefficient (Wildman–Crippen LogP) is 6.60. The second-order valence-corrected chi connectivity index (χ2v) is 6.63. The van der Waals surface area contributed by atoms with Crippen molar-refractivity contribution in [2.45, 2.75) is 26.2 Å². The number of ketones is 1. The third kappa shape index (κ3) is 4.37. The molecule has 26 heavy (non-hydrogen) atoms. The first-order valence-electron chi connectivity index (χ1n) is 9.15. The lowest BCUT2D eigenvalue weighted by molar-refractivity contribution is 0.103. The Morgan fingerprint density at radius 3 is 1.81 bits per heavy atom. The van der Waals surface area contributed by atoms with Crippen molar-refractivity contribution in [1.29, 1.82) is 0 Å². The molecule has 1 nitrogen and oxygen atoms in total. The molecule has 0 N–H and O–H groups in total. The number of rotatable bonds is 6. The van der Waals surface area contributed by atoms with E-state index in [0.717, 1.165) is 28.7 Å². The summed E-state index contributed by atoms with van der Waals surface area (Å²) >= 11 is 0. The van der Waals surface area contributed by atoms with Gasteiger partial charge in [0, 0.05) is 11.1 Å². The third-order valence-electron chi connectivity index (χ3n) is 4.79. The maximum absolute atomic E-state index is 12.7. The van der Waals surface area contributed by atoms with Crippen LogP contribution in [0.4, 0.5) is 0 Å². The van der Waals surface area contributed by atoms with Crippen LogP contribution in [-0.4, -0.2) is 5.78 Å². The average Bonchev–Trinajstić information content (AvgIpc) is 2.72. The highest BCUT2D eigenvalue weighted by atomic mass is 16.1. The summed E-state index contributed by atoms with van der Waals surface area (Å²) in [6, 6.07) is 26.0. The van der Waals surface area contributed by atoms with Crippen molar-refractivity contribution >= 4 is 17.9 Å². The van der Waals surface area contributed by atoms with Gasteiger partial charge in [0.2, 0.25) is 0 Å². The van der Waals surface area contributed by atoms with Crippen LogP contribution in [0.1, 0.15) is 58.8 Å². The van der Waals surface area contributed by atoms with E-state index in [-0.39, 0.29) is 5.78 Å². The molecule has 0 aliphatic heterocycles. The standard InChI is InChI=1S/C25H24O/c1-3-19(2)22-15-17-24(18-16-22)25(26)23-13-11-21(12-14-23)10-9-20-7-5-4-6-8-20/h4-19H,3H2,1-2H3/b10-9+. The van der Waals surface area contributed by atoms with Crippen LogP contribution in [0.2, 0.25) is 0 Å². The Bertz CT molecular complexity index is 872. The van der Waals surface area contributed by atoms with Crippen molar-refractivity contribution < 1.29 is 4.79 Å². The maximum Gasteiger partial charge on any atom is 0.193 e. The Labute approximate surface area is 156 Å². The third-order valence-corrected chi connectivity index (χ3v) is 4.79. The fraction of sp³-hybridized carbons (Fsp3) is 0.160. The zero-order valence-electron chi connectivity index (χ0n) is 15.4. The van der Waals surface area contributed by atoms with Crippen LogP contribution in [0.25, 0.3) is 12.2 Å². The molecule has 0 saturated carbocycles. The summed E-state index contributed by atoms with van der Waals surface area (Å²) in [5.41, 5.74) is 4.99. The van der Waals surface area contributed by atoms with Gasteiger partial charge in [-0.05, 0) is 29.0 Å². The van der Waals surface area contributed by atoms with Gasteiger partial charge in [0.15, 0.2) is 5.78 Å². The molecule has 3 aromatic carbocycles. The molecule has 1 unspecified atom stereocenters. The monoisotopic (exact) mass is 340 g/mol. The van der Waals surface area contributed by atoms with E-state index in [1.54, 1.807) is 0 Å². The van der Waals surface area contributed by atoms with Crippen molar-refractivity contribution in [2.24, 2.45) is 0 Å². The number of carbonyl (C=O) groups excluding carboxylic acids is 1. The highest BCUT2D eigenvalue weighted by Crippen LogP contribution is 2.20. The predicted molar refractivity (Wildman–Crippen MR) is 110 cm³/mol. The normalized spacial score (nSPS) is 12.2. The largest absolute Gasteiger partial charge is 0.289 e. The average molecular weight is 340 g/mol. The SMILES string of the molecule is CCC(C)c1ccc(C(=O)c2ccc(/C=C/c3ccccc3)cc2)cc1. The first-order valence-corrected chi connectivity index (χ1v) is 9.15. The molecule has 0 heterocycles. The van der Waals surface area contributed by atoms with Crippen molar-refractivity contribution in [1.82, 2.24) is 0 Å². The van der Waals surface area contributed by atoms with Gasteiger partial charge in [-0.25, -0.2) is 0 Å². The van der Waals surface area contributed by atoms with Gasteiger partial charge in [0.05, 0.1) is 0 Å². The number of hydrogen-bond donors (Lipinski definition) is 0. The summed E-state index contributed by atoms with van der Waals surface area (Å²) in [7, 11) is 0. The minimum atomic E-state index is 0.0688. The van der Waals surface area contributed by atoms with E-state index in [1.807, 2.05) is 54.6 Å². The van der Waals surface area contributed by atoms with Gasteiger partial charge in [-0.3, -0.25) is 4.79 Å². The highest BCUT2D eigenvalue weighted by Gasteiger charge is 2.10. The zero-order chi connectivity index (χ0) is 18.4. The first kappa shape index (κ1) is 17.9. The Morgan fingerprint density at radius 1 is 0.769 bits per heavy atom. The van der Waals surface area contributed by atoms with Crippen LogP contribution >= 0.6 is 0 Å². The second kappa shape index (κ2) is 8.44. The Morgan fingerprint density at radius 2 is 1.27 bits per heavy atom. The Hall–Kier alpha value is -2.93. The van der Waals surface area contributed by atoms with Crippen molar-refractivity contribution in [3.8, 4) is 0 Å². The minimum absolute atomic E-state index is 0.0688. The molecular weight excluding hydrogens is 316 g/mol. The van der Waals surface area contributed by atoms with Gasteiger partial charge >= 0.3 is 0 Å². The molecule has 0 saturated heterocycles. The molecule has 0 aromatic heterocycles. The summed E-state index contributed by atoms with van der Waals surface area (Å²) in [6.07, 6.45) is 5.24. The van der Waals surface area contributed by atoms with Gasteiger partial charge < -0.3 is 0 Å². The number of carbonyl (C=O) groups is 1. The molecule has 3 rings (SSSR count). The summed E-state index contributed by atoms with van der Waals surface area (Å²) in [5, 5.41) is 0. The quantitative estimate of drug-likeness (QED) is 0.365. The molecule has 0 radical (unpaired) electrons. The van der Waals surface area contributed by atoms with E-state index in [9.17, 15) is 4.79 Å². The van der Waals surface area contributed by atoms with Gasteiger partial charge in [-0.1, -0.05) is 105 Å². The fourth-order valence-corrected chi connectivity index (χ4v) is 2.87. The lowest BCUT2D eigenvalue weighted by atomic mass is 9.95. The molecule has 3 aromatic rings. The minimum Gasteiger partial charge on any atom is -0.289 e. The molecule has 0 spiro atoms. The van der Waals surface area contributed by atoms with Gasteiger partial charge in [0.25, 0.3) is 0 Å². The van der Waals surface area contributed by atoms with Gasteiger partial charge in [-0.15, -0.1) is 0 Å². The van der Waals surface area contributed by atoms with Crippen molar-refractivity contribution in [2.75, 3.05) is 0 Å². The van der Waals surface area contributed by atoms with Crippen LogP contribution in [-0.2, 0) is 0 Å². The molecule has 130 valence electrons. The first-order chi connectivity index (χ1) is 12.7. The van der Waals surface area contributed by atoms with Gasteiger partial charge in [0.1, 0.15) is 0 Å².